The molecule has 0 saturated heterocycles. The first-order chi connectivity index (χ1) is 10.1. The van der Waals surface area contributed by atoms with Crippen molar-refractivity contribution in [2.45, 2.75) is 44.8 Å². The van der Waals surface area contributed by atoms with E-state index in [0.29, 0.717) is 13.1 Å². The molecule has 1 aromatic heterocycles. The molecule has 1 fully saturated rings. The van der Waals surface area contributed by atoms with E-state index in [4.69, 9.17) is 0 Å². The smallest absolute Gasteiger partial charge is 0.381 e. The molecule has 0 spiro atoms. The van der Waals surface area contributed by atoms with Crippen LogP contribution in [0.4, 0.5) is 5.82 Å². The maximum Gasteiger partial charge on any atom is 0.381 e. The number of nitrogens with one attached hydrogen (secondary N) is 1. The number of imidazole rings is 1. The number of nitrogens with zero attached hydrogens (tertiary/aromatic N) is 3. The molecule has 1 heterocycles. The Morgan fingerprint density at radius 1 is 1.52 bits per heavy atom. The number of aromatic nitrogens is 2. The lowest BCUT2D eigenvalue weighted by molar-refractivity contribution is -0.389. The molecule has 21 heavy (non-hydrogen) atoms. The average molecular weight is 296 g/mol. The van der Waals surface area contributed by atoms with Crippen LogP contribution in [0.5, 0.6) is 0 Å². The fraction of sp³-hybridized carbons (Fsp3) is 0.692. The van der Waals surface area contributed by atoms with Crippen molar-refractivity contribution in [3.05, 3.63) is 22.6 Å². The van der Waals surface area contributed by atoms with Crippen molar-refractivity contribution in [2.24, 2.45) is 5.92 Å². The highest BCUT2D eigenvalue weighted by Crippen LogP contribution is 2.23. The maximum atomic E-state index is 11.7. The molecule has 116 valence electrons. The quantitative estimate of drug-likeness (QED) is 0.597. The lowest BCUT2D eigenvalue weighted by Crippen LogP contribution is -2.36. The molecule has 1 saturated carbocycles. The summed E-state index contributed by atoms with van der Waals surface area (Å²) < 4.78 is 1.52. The van der Waals surface area contributed by atoms with Gasteiger partial charge in [0.1, 0.15) is 6.20 Å². The van der Waals surface area contributed by atoms with E-state index in [2.05, 4.69) is 10.3 Å². The standard InChI is InChI=1S/C13H20N4O4/c18-11-4-2-1-3-10(11)7-14-13(19)5-6-16-8-12(15-9-16)17(20)21/h8-11,18H,1-7H2,(H,14,19). The number of aliphatic hydroxyl groups is 1. The second-order valence-electron chi connectivity index (χ2n) is 5.39. The number of amides is 1. The van der Waals surface area contributed by atoms with Gasteiger partial charge in [-0.15, -0.1) is 0 Å². The Balaban J connectivity index is 1.70. The Morgan fingerprint density at radius 2 is 2.29 bits per heavy atom. The molecule has 8 nitrogen and oxygen atoms in total. The van der Waals surface area contributed by atoms with Gasteiger partial charge in [-0.1, -0.05) is 12.8 Å². The van der Waals surface area contributed by atoms with Crippen molar-refractivity contribution in [3.63, 3.8) is 0 Å². The Hall–Kier alpha value is -1.96. The Labute approximate surface area is 122 Å². The van der Waals surface area contributed by atoms with Gasteiger partial charge in [0, 0.05) is 25.4 Å². The number of hydrogen-bond donors (Lipinski definition) is 2. The summed E-state index contributed by atoms with van der Waals surface area (Å²) in [4.78, 5) is 25.3. The van der Waals surface area contributed by atoms with Crippen LogP contribution in [-0.4, -0.2) is 38.1 Å². The van der Waals surface area contributed by atoms with Gasteiger partial charge < -0.3 is 25.1 Å². The third-order valence-corrected chi connectivity index (χ3v) is 3.83. The van der Waals surface area contributed by atoms with Gasteiger partial charge in [0.2, 0.25) is 12.2 Å². The molecule has 1 aliphatic rings. The highest BCUT2D eigenvalue weighted by Gasteiger charge is 2.23. The first-order valence-electron chi connectivity index (χ1n) is 7.17. The molecule has 0 aliphatic heterocycles. The van der Waals surface area contributed by atoms with Crippen LogP contribution in [0, 0.1) is 16.0 Å². The van der Waals surface area contributed by atoms with Gasteiger partial charge in [-0.05, 0) is 22.7 Å². The number of carbonyl (C=O) groups excluding carboxylic acids is 1. The van der Waals surface area contributed by atoms with Crippen LogP contribution in [0.15, 0.2) is 12.5 Å². The molecule has 1 amide bonds. The highest BCUT2D eigenvalue weighted by molar-refractivity contribution is 5.75. The largest absolute Gasteiger partial charge is 0.393 e. The van der Waals surface area contributed by atoms with Gasteiger partial charge >= 0.3 is 5.82 Å². The summed E-state index contributed by atoms with van der Waals surface area (Å²) >= 11 is 0. The average Bonchev–Trinajstić information content (AvgIpc) is 2.93. The zero-order chi connectivity index (χ0) is 15.2. The molecule has 0 bridgehead atoms. The van der Waals surface area contributed by atoms with Crippen molar-refractivity contribution in [1.82, 2.24) is 14.9 Å². The van der Waals surface area contributed by atoms with Gasteiger partial charge in [-0.25, -0.2) is 0 Å². The summed E-state index contributed by atoms with van der Waals surface area (Å²) in [7, 11) is 0. The van der Waals surface area contributed by atoms with Crippen LogP contribution in [0.25, 0.3) is 0 Å². The fourth-order valence-electron chi connectivity index (χ4n) is 2.56. The molecular weight excluding hydrogens is 276 g/mol. The minimum atomic E-state index is -0.568. The van der Waals surface area contributed by atoms with Crippen molar-refractivity contribution >= 4 is 11.7 Å². The molecule has 1 aromatic rings. The summed E-state index contributed by atoms with van der Waals surface area (Å²) in [5, 5.41) is 23.1. The first kappa shape index (κ1) is 15.4. The SMILES string of the molecule is O=C(CCn1cnc([N+](=O)[O-])c1)NCC1CCCCC1O. The lowest BCUT2D eigenvalue weighted by Gasteiger charge is -2.27. The monoisotopic (exact) mass is 296 g/mol. The zero-order valence-corrected chi connectivity index (χ0v) is 11.8. The number of aliphatic hydroxyl groups excluding tert-OH is 1. The minimum Gasteiger partial charge on any atom is -0.393 e. The van der Waals surface area contributed by atoms with Gasteiger partial charge in [-0.2, -0.15) is 0 Å². The predicted molar refractivity (Wildman–Crippen MR) is 74.5 cm³/mol. The minimum absolute atomic E-state index is 0.121. The van der Waals surface area contributed by atoms with Crippen LogP contribution in [0.2, 0.25) is 0 Å². The van der Waals surface area contributed by atoms with Crippen LogP contribution in [0.1, 0.15) is 32.1 Å². The van der Waals surface area contributed by atoms with Crippen LogP contribution in [0.3, 0.4) is 0 Å². The van der Waals surface area contributed by atoms with E-state index in [1.165, 1.54) is 17.1 Å². The second kappa shape index (κ2) is 7.16. The van der Waals surface area contributed by atoms with E-state index < -0.39 is 4.92 Å². The zero-order valence-electron chi connectivity index (χ0n) is 11.8. The lowest BCUT2D eigenvalue weighted by atomic mass is 9.86. The molecule has 1 aliphatic carbocycles. The van der Waals surface area contributed by atoms with Crippen LogP contribution in [-0.2, 0) is 11.3 Å². The van der Waals surface area contributed by atoms with E-state index >= 15 is 0 Å². The van der Waals surface area contributed by atoms with E-state index in [9.17, 15) is 20.0 Å². The summed E-state index contributed by atoms with van der Waals surface area (Å²) in [6.45, 7) is 0.837. The number of nitro groups is 1. The Morgan fingerprint density at radius 3 is 2.95 bits per heavy atom. The van der Waals surface area contributed by atoms with Gasteiger partial charge in [0.15, 0.2) is 0 Å². The summed E-state index contributed by atoms with van der Waals surface area (Å²) in [5.74, 6) is -0.207. The predicted octanol–water partition coefficient (Wildman–Crippen LogP) is 0.849. The molecule has 0 radical (unpaired) electrons. The van der Waals surface area contributed by atoms with Crippen LogP contribution >= 0.6 is 0 Å². The number of carbonyl (C=O) groups is 1. The third-order valence-electron chi connectivity index (χ3n) is 3.83. The fourth-order valence-corrected chi connectivity index (χ4v) is 2.56. The topological polar surface area (TPSA) is 110 Å². The van der Waals surface area contributed by atoms with Gasteiger partial charge in [0.25, 0.3) is 0 Å². The molecule has 2 unspecified atom stereocenters. The summed E-state index contributed by atoms with van der Waals surface area (Å²) in [6.07, 6.45) is 6.44. The molecule has 2 rings (SSSR count). The molecule has 8 heteroatoms. The van der Waals surface area contributed by atoms with Crippen molar-refractivity contribution in [1.29, 1.82) is 0 Å². The van der Waals surface area contributed by atoms with Crippen LogP contribution < -0.4 is 5.32 Å². The van der Waals surface area contributed by atoms with E-state index in [-0.39, 0.29) is 30.2 Å². The van der Waals surface area contributed by atoms with Gasteiger partial charge in [-0.3, -0.25) is 4.79 Å². The van der Waals surface area contributed by atoms with E-state index in [1.807, 2.05) is 0 Å². The van der Waals surface area contributed by atoms with Crippen molar-refractivity contribution < 1.29 is 14.8 Å². The number of hydrogen-bond acceptors (Lipinski definition) is 5. The normalized spacial score (nSPS) is 22.0. The first-order valence-corrected chi connectivity index (χ1v) is 7.17. The molecule has 2 N–H and O–H groups in total. The summed E-state index contributed by atoms with van der Waals surface area (Å²) in [6, 6.07) is 0. The van der Waals surface area contributed by atoms with E-state index in [1.54, 1.807) is 0 Å². The Bertz CT molecular complexity index is 502. The second-order valence-corrected chi connectivity index (χ2v) is 5.39. The number of aryl methyl sites for hydroxylation is 1. The van der Waals surface area contributed by atoms with Gasteiger partial charge in [0.05, 0.1) is 6.10 Å². The molecule has 2 atom stereocenters. The van der Waals surface area contributed by atoms with Crippen molar-refractivity contribution in [2.75, 3.05) is 6.54 Å². The summed E-state index contributed by atoms with van der Waals surface area (Å²) in [5.41, 5.74) is 0. The highest BCUT2D eigenvalue weighted by atomic mass is 16.6. The molecular formula is C13H20N4O4. The molecule has 0 aromatic carbocycles. The maximum absolute atomic E-state index is 11.7. The van der Waals surface area contributed by atoms with E-state index in [0.717, 1.165) is 25.7 Å². The number of rotatable bonds is 6. The van der Waals surface area contributed by atoms with Crippen molar-refractivity contribution in [3.8, 4) is 0 Å². The third kappa shape index (κ3) is 4.52. The Kier molecular flexibility index (Phi) is 5.26.